The summed E-state index contributed by atoms with van der Waals surface area (Å²) in [5.74, 6) is -1.84. The van der Waals surface area contributed by atoms with Gasteiger partial charge in [-0.25, -0.2) is 4.39 Å². The lowest BCUT2D eigenvalue weighted by molar-refractivity contribution is -0.139. The van der Waals surface area contributed by atoms with E-state index < -0.39 is 11.5 Å². The van der Waals surface area contributed by atoms with Crippen molar-refractivity contribution >= 4 is 5.97 Å². The molecule has 1 aliphatic rings. The van der Waals surface area contributed by atoms with E-state index in [2.05, 4.69) is 0 Å². The van der Waals surface area contributed by atoms with Crippen LogP contribution in [0, 0.1) is 5.82 Å². The summed E-state index contributed by atoms with van der Waals surface area (Å²) in [6.45, 7) is 0. The van der Waals surface area contributed by atoms with Crippen LogP contribution in [0.15, 0.2) is 24.3 Å². The number of hydrogen-bond donors (Lipinski definition) is 2. The molecule has 1 saturated carbocycles. The van der Waals surface area contributed by atoms with Crippen molar-refractivity contribution < 1.29 is 14.3 Å². The minimum atomic E-state index is -1.26. The van der Waals surface area contributed by atoms with Crippen LogP contribution in [0.5, 0.6) is 0 Å². The number of rotatable bonds is 2. The Morgan fingerprint density at radius 3 is 2.71 bits per heavy atom. The number of carbonyl (C=O) groups is 1. The van der Waals surface area contributed by atoms with Crippen LogP contribution in [-0.2, 0) is 4.79 Å². The normalized spacial score (nSPS) is 30.0. The van der Waals surface area contributed by atoms with Gasteiger partial charge in [-0.05, 0) is 18.1 Å². The van der Waals surface area contributed by atoms with Crippen LogP contribution in [0.4, 0.5) is 4.39 Å². The number of aliphatic carboxylic acids is 1. The van der Waals surface area contributed by atoms with Gasteiger partial charge in [-0.15, -0.1) is 0 Å². The maximum absolute atomic E-state index is 13.2. The molecule has 3 nitrogen and oxygen atoms in total. The molecule has 1 fully saturated rings. The van der Waals surface area contributed by atoms with E-state index in [0.29, 0.717) is 12.0 Å². The molecule has 0 amide bonds. The van der Waals surface area contributed by atoms with Gasteiger partial charge in [0.1, 0.15) is 11.4 Å². The van der Waals surface area contributed by atoms with Crippen molar-refractivity contribution in [3.63, 3.8) is 0 Å². The summed E-state index contributed by atoms with van der Waals surface area (Å²) in [5.41, 5.74) is 4.71. The monoisotopic (exact) mass is 195 g/mol. The molecule has 2 rings (SSSR count). The van der Waals surface area contributed by atoms with E-state index >= 15 is 0 Å². The molecule has 14 heavy (non-hydrogen) atoms. The van der Waals surface area contributed by atoms with Crippen LogP contribution in [0.1, 0.15) is 17.9 Å². The summed E-state index contributed by atoms with van der Waals surface area (Å²) in [4.78, 5) is 10.7. The average Bonchev–Trinajstić information content (AvgIpc) is 2.80. The fourth-order valence-corrected chi connectivity index (χ4v) is 1.66. The minimum absolute atomic E-state index is 0.309. The lowest BCUT2D eigenvalue weighted by Crippen LogP contribution is -2.34. The Bertz CT molecular complexity index is 393. The van der Waals surface area contributed by atoms with Gasteiger partial charge in [0, 0.05) is 5.92 Å². The summed E-state index contributed by atoms with van der Waals surface area (Å²) in [7, 11) is 0. The Morgan fingerprint density at radius 2 is 2.21 bits per heavy atom. The first-order chi connectivity index (χ1) is 6.55. The molecule has 3 N–H and O–H groups in total. The first kappa shape index (κ1) is 9.15. The Balaban J connectivity index is 2.29. The average molecular weight is 195 g/mol. The molecule has 0 bridgehead atoms. The van der Waals surface area contributed by atoms with Crippen molar-refractivity contribution in [3.8, 4) is 0 Å². The molecule has 0 spiro atoms. The minimum Gasteiger partial charge on any atom is -0.480 e. The van der Waals surface area contributed by atoms with E-state index in [4.69, 9.17) is 10.8 Å². The highest BCUT2D eigenvalue weighted by Gasteiger charge is 2.58. The Kier molecular flexibility index (Phi) is 1.82. The molecule has 2 atom stereocenters. The van der Waals surface area contributed by atoms with Crippen molar-refractivity contribution in [1.29, 1.82) is 0 Å². The molecular weight excluding hydrogens is 185 g/mol. The Morgan fingerprint density at radius 1 is 1.57 bits per heavy atom. The smallest absolute Gasteiger partial charge is 0.324 e. The largest absolute Gasteiger partial charge is 0.480 e. The number of carboxylic acids is 1. The molecule has 1 aromatic carbocycles. The molecule has 0 radical (unpaired) electrons. The fraction of sp³-hybridized carbons (Fsp3) is 0.300. The number of halogens is 1. The van der Waals surface area contributed by atoms with Gasteiger partial charge in [-0.3, -0.25) is 4.79 Å². The molecule has 1 aliphatic carbocycles. The highest BCUT2D eigenvalue weighted by atomic mass is 19.1. The molecule has 4 heteroatoms. The first-order valence-electron chi connectivity index (χ1n) is 4.32. The van der Waals surface area contributed by atoms with Crippen molar-refractivity contribution in [3.05, 3.63) is 35.6 Å². The van der Waals surface area contributed by atoms with Gasteiger partial charge in [0.15, 0.2) is 0 Å². The van der Waals surface area contributed by atoms with Gasteiger partial charge < -0.3 is 10.8 Å². The standard InChI is InChI=1S/C10H10FNO2/c11-8-4-2-1-3-6(8)7-5-10(7,12)9(13)14/h1-4,7H,5,12H2,(H,13,14)/t7-,10+/m1/s1. The van der Waals surface area contributed by atoms with Crippen LogP contribution >= 0.6 is 0 Å². The quantitative estimate of drug-likeness (QED) is 0.742. The topological polar surface area (TPSA) is 63.3 Å². The molecule has 0 unspecified atom stereocenters. The van der Waals surface area contributed by atoms with Gasteiger partial charge in [-0.2, -0.15) is 0 Å². The van der Waals surface area contributed by atoms with Crippen molar-refractivity contribution in [2.24, 2.45) is 5.73 Å². The Hall–Kier alpha value is -1.42. The number of nitrogens with two attached hydrogens (primary N) is 1. The van der Waals surface area contributed by atoms with Crippen molar-refractivity contribution in [2.45, 2.75) is 17.9 Å². The molecule has 0 aliphatic heterocycles. The zero-order chi connectivity index (χ0) is 10.3. The second-order valence-electron chi connectivity index (χ2n) is 3.62. The fourth-order valence-electron chi connectivity index (χ4n) is 1.66. The molecule has 0 aromatic heterocycles. The van der Waals surface area contributed by atoms with Gasteiger partial charge >= 0.3 is 5.97 Å². The van der Waals surface area contributed by atoms with Crippen LogP contribution < -0.4 is 5.73 Å². The van der Waals surface area contributed by atoms with Crippen LogP contribution in [0.2, 0.25) is 0 Å². The number of benzene rings is 1. The van der Waals surface area contributed by atoms with Crippen LogP contribution in [-0.4, -0.2) is 16.6 Å². The van der Waals surface area contributed by atoms with Gasteiger partial charge in [0.05, 0.1) is 0 Å². The van der Waals surface area contributed by atoms with Crippen molar-refractivity contribution in [2.75, 3.05) is 0 Å². The molecule has 1 aromatic rings. The lowest BCUT2D eigenvalue weighted by Gasteiger charge is -2.05. The zero-order valence-corrected chi connectivity index (χ0v) is 7.40. The zero-order valence-electron chi connectivity index (χ0n) is 7.40. The molecule has 0 saturated heterocycles. The van der Waals surface area contributed by atoms with Crippen LogP contribution in [0.3, 0.4) is 0 Å². The predicted octanol–water partition coefficient (Wildman–Crippen LogP) is 1.10. The highest BCUT2D eigenvalue weighted by molar-refractivity contribution is 5.84. The number of hydrogen-bond acceptors (Lipinski definition) is 2. The number of carboxylic acid groups (broad SMARTS) is 1. The second-order valence-corrected chi connectivity index (χ2v) is 3.62. The van der Waals surface area contributed by atoms with Gasteiger partial charge in [-0.1, -0.05) is 18.2 Å². The molecule has 74 valence electrons. The van der Waals surface area contributed by atoms with Gasteiger partial charge in [0.25, 0.3) is 0 Å². The molecule has 0 heterocycles. The summed E-state index contributed by atoms with van der Waals surface area (Å²) < 4.78 is 13.2. The van der Waals surface area contributed by atoms with E-state index in [-0.39, 0.29) is 11.7 Å². The highest BCUT2D eigenvalue weighted by Crippen LogP contribution is 2.50. The third-order valence-electron chi connectivity index (χ3n) is 2.68. The van der Waals surface area contributed by atoms with E-state index in [1.165, 1.54) is 6.07 Å². The lowest BCUT2D eigenvalue weighted by atomic mass is 10.1. The third kappa shape index (κ3) is 1.19. The SMILES string of the molecule is N[C@@]1(C(=O)O)C[C@@H]1c1ccccc1F. The van der Waals surface area contributed by atoms with Gasteiger partial charge in [0.2, 0.25) is 0 Å². The summed E-state index contributed by atoms with van der Waals surface area (Å²) >= 11 is 0. The van der Waals surface area contributed by atoms with Crippen LogP contribution in [0.25, 0.3) is 0 Å². The third-order valence-corrected chi connectivity index (χ3v) is 2.68. The first-order valence-corrected chi connectivity index (χ1v) is 4.32. The maximum Gasteiger partial charge on any atom is 0.324 e. The maximum atomic E-state index is 13.2. The predicted molar refractivity (Wildman–Crippen MR) is 48.3 cm³/mol. The van der Waals surface area contributed by atoms with E-state index in [1.807, 2.05) is 0 Å². The van der Waals surface area contributed by atoms with E-state index in [0.717, 1.165) is 0 Å². The van der Waals surface area contributed by atoms with E-state index in [1.54, 1.807) is 18.2 Å². The second kappa shape index (κ2) is 2.78. The molecular formula is C10H10FNO2. The summed E-state index contributed by atoms with van der Waals surface area (Å²) in [5, 5.41) is 8.79. The van der Waals surface area contributed by atoms with E-state index in [9.17, 15) is 9.18 Å². The van der Waals surface area contributed by atoms with Crippen molar-refractivity contribution in [1.82, 2.24) is 0 Å². The summed E-state index contributed by atoms with van der Waals surface area (Å²) in [6, 6.07) is 6.15. The summed E-state index contributed by atoms with van der Waals surface area (Å²) in [6.07, 6.45) is 0.309. The Labute approximate surface area is 80.3 Å².